The highest BCUT2D eigenvalue weighted by Crippen LogP contribution is 2.37. The van der Waals surface area contributed by atoms with Crippen LogP contribution in [0.1, 0.15) is 11.3 Å². The van der Waals surface area contributed by atoms with Crippen molar-refractivity contribution in [3.8, 4) is 0 Å². The smallest absolute Gasteiger partial charge is 0.0743 e. The largest absolute Gasteiger partial charge is 0.395 e. The summed E-state index contributed by atoms with van der Waals surface area (Å²) in [7, 11) is 0. The summed E-state index contributed by atoms with van der Waals surface area (Å²) in [5, 5.41) is 20.8. The first kappa shape index (κ1) is 15.5. The minimum absolute atomic E-state index is 0.0141. The number of rotatable bonds is 6. The van der Waals surface area contributed by atoms with Crippen molar-refractivity contribution < 1.29 is 10.2 Å². The van der Waals surface area contributed by atoms with Crippen LogP contribution in [0.3, 0.4) is 0 Å². The predicted octanol–water partition coefficient (Wildman–Crippen LogP) is 1.60. The van der Waals surface area contributed by atoms with E-state index in [0.717, 1.165) is 10.6 Å². The summed E-state index contributed by atoms with van der Waals surface area (Å²) in [5.41, 5.74) is 6.67. The Morgan fingerprint density at radius 1 is 1.35 bits per heavy atom. The third-order valence-electron chi connectivity index (χ3n) is 3.32. The number of nitrogens with two attached hydrogens (primary N) is 1. The van der Waals surface area contributed by atoms with Crippen molar-refractivity contribution in [3.63, 3.8) is 0 Å². The van der Waals surface area contributed by atoms with Crippen LogP contribution in [0.4, 0.5) is 0 Å². The highest BCUT2D eigenvalue weighted by atomic mass is 35.5. The Kier molecular flexibility index (Phi) is 5.23. The molecule has 4 nitrogen and oxygen atoms in total. The van der Waals surface area contributed by atoms with Crippen LogP contribution in [-0.2, 0) is 5.54 Å². The lowest BCUT2D eigenvalue weighted by atomic mass is 9.89. The maximum atomic E-state index is 9.10. The number of thiophene rings is 1. The molecule has 1 unspecified atom stereocenters. The SMILES string of the molecule is NC1(c2cccs2)C=C(Cl)C(N(CCO)CCO)=CC1. The minimum Gasteiger partial charge on any atom is -0.395 e. The molecule has 2 rings (SSSR count). The van der Waals surface area contributed by atoms with E-state index >= 15 is 0 Å². The van der Waals surface area contributed by atoms with E-state index in [1.165, 1.54) is 0 Å². The molecule has 0 spiro atoms. The first-order chi connectivity index (χ1) is 9.60. The van der Waals surface area contributed by atoms with Gasteiger partial charge in [0, 0.05) is 18.0 Å². The summed E-state index contributed by atoms with van der Waals surface area (Å²) >= 11 is 7.97. The average Bonchev–Trinajstić information content (AvgIpc) is 2.93. The fourth-order valence-corrected chi connectivity index (χ4v) is 3.53. The van der Waals surface area contributed by atoms with E-state index in [-0.39, 0.29) is 13.2 Å². The zero-order valence-electron chi connectivity index (χ0n) is 11.1. The van der Waals surface area contributed by atoms with Gasteiger partial charge in [0.1, 0.15) is 0 Å². The molecule has 1 aliphatic carbocycles. The standard InChI is InChI=1S/C14H19ClN2O2S/c15-11-10-14(16,13-2-1-9-20-13)4-3-12(11)17(5-7-18)6-8-19/h1-3,9-10,18-19H,4-8,16H2. The number of allylic oxidation sites excluding steroid dienone is 1. The number of halogens is 1. The molecule has 0 radical (unpaired) electrons. The molecule has 1 heterocycles. The molecule has 1 aromatic heterocycles. The molecule has 0 fully saturated rings. The zero-order valence-corrected chi connectivity index (χ0v) is 12.7. The molecule has 0 saturated carbocycles. The number of aliphatic hydroxyl groups excluding tert-OH is 2. The number of aliphatic hydroxyl groups is 2. The molecule has 0 saturated heterocycles. The summed E-state index contributed by atoms with van der Waals surface area (Å²) in [6.07, 6.45) is 4.48. The molecule has 0 aromatic carbocycles. The molecule has 4 N–H and O–H groups in total. The summed E-state index contributed by atoms with van der Waals surface area (Å²) in [5.74, 6) is 0. The molecule has 0 aliphatic heterocycles. The van der Waals surface area contributed by atoms with Crippen LogP contribution < -0.4 is 5.73 Å². The quantitative estimate of drug-likeness (QED) is 0.746. The Morgan fingerprint density at radius 3 is 2.55 bits per heavy atom. The summed E-state index contributed by atoms with van der Waals surface area (Å²) in [6, 6.07) is 3.97. The van der Waals surface area contributed by atoms with Crippen LogP contribution in [0.2, 0.25) is 0 Å². The van der Waals surface area contributed by atoms with Gasteiger partial charge < -0.3 is 20.8 Å². The molecule has 1 aromatic rings. The fraction of sp³-hybridized carbons (Fsp3) is 0.429. The van der Waals surface area contributed by atoms with Crippen molar-refractivity contribution in [2.24, 2.45) is 5.73 Å². The Hall–Kier alpha value is -0.850. The van der Waals surface area contributed by atoms with Crippen LogP contribution >= 0.6 is 22.9 Å². The van der Waals surface area contributed by atoms with Crippen LogP contribution in [-0.4, -0.2) is 41.4 Å². The molecule has 1 aliphatic rings. The van der Waals surface area contributed by atoms with Gasteiger partial charge in [0.05, 0.1) is 29.5 Å². The summed E-state index contributed by atoms with van der Waals surface area (Å²) in [4.78, 5) is 2.94. The maximum absolute atomic E-state index is 9.10. The van der Waals surface area contributed by atoms with Gasteiger partial charge in [0.15, 0.2) is 0 Å². The highest BCUT2D eigenvalue weighted by molar-refractivity contribution is 7.10. The van der Waals surface area contributed by atoms with Crippen LogP contribution in [0.25, 0.3) is 0 Å². The van der Waals surface area contributed by atoms with Crippen molar-refractivity contribution in [2.75, 3.05) is 26.3 Å². The average molecular weight is 315 g/mol. The van der Waals surface area contributed by atoms with E-state index in [0.29, 0.717) is 24.5 Å². The summed E-state index contributed by atoms with van der Waals surface area (Å²) in [6.45, 7) is 0.903. The normalized spacial score (nSPS) is 22.4. The van der Waals surface area contributed by atoms with Gasteiger partial charge in [-0.05, 0) is 23.9 Å². The minimum atomic E-state index is -0.571. The first-order valence-corrected chi connectivity index (χ1v) is 7.75. The molecule has 0 bridgehead atoms. The monoisotopic (exact) mass is 314 g/mol. The van der Waals surface area contributed by atoms with Gasteiger partial charge >= 0.3 is 0 Å². The topological polar surface area (TPSA) is 69.7 Å². The van der Waals surface area contributed by atoms with E-state index < -0.39 is 5.54 Å². The number of nitrogens with zero attached hydrogens (tertiary/aromatic N) is 1. The van der Waals surface area contributed by atoms with Crippen LogP contribution in [0, 0.1) is 0 Å². The Morgan fingerprint density at radius 2 is 2.05 bits per heavy atom. The van der Waals surface area contributed by atoms with Crippen molar-refractivity contribution in [2.45, 2.75) is 12.0 Å². The van der Waals surface area contributed by atoms with E-state index in [9.17, 15) is 0 Å². The highest BCUT2D eigenvalue weighted by Gasteiger charge is 2.30. The molecular weight excluding hydrogens is 296 g/mol. The second-order valence-electron chi connectivity index (χ2n) is 4.74. The maximum Gasteiger partial charge on any atom is 0.0743 e. The van der Waals surface area contributed by atoms with Gasteiger partial charge in [-0.1, -0.05) is 23.7 Å². The van der Waals surface area contributed by atoms with Gasteiger partial charge in [0.25, 0.3) is 0 Å². The lowest BCUT2D eigenvalue weighted by Gasteiger charge is -2.33. The van der Waals surface area contributed by atoms with Crippen molar-refractivity contribution in [3.05, 3.63) is 45.3 Å². The lowest BCUT2D eigenvalue weighted by molar-refractivity contribution is 0.190. The van der Waals surface area contributed by atoms with Crippen molar-refractivity contribution in [1.82, 2.24) is 4.90 Å². The van der Waals surface area contributed by atoms with Gasteiger partial charge in [-0.2, -0.15) is 0 Å². The second-order valence-corrected chi connectivity index (χ2v) is 6.09. The Labute approximate surface area is 127 Å². The molecule has 1 atom stereocenters. The molecule has 20 heavy (non-hydrogen) atoms. The van der Waals surface area contributed by atoms with E-state index in [4.69, 9.17) is 27.5 Å². The third-order valence-corrected chi connectivity index (χ3v) is 4.69. The van der Waals surface area contributed by atoms with E-state index in [2.05, 4.69) is 0 Å². The lowest BCUT2D eigenvalue weighted by Crippen LogP contribution is -2.37. The van der Waals surface area contributed by atoms with Gasteiger partial charge in [-0.15, -0.1) is 11.3 Å². The fourth-order valence-electron chi connectivity index (χ4n) is 2.31. The second kappa shape index (κ2) is 6.74. The zero-order chi connectivity index (χ0) is 14.6. The number of hydrogen-bond acceptors (Lipinski definition) is 5. The third kappa shape index (κ3) is 3.24. The van der Waals surface area contributed by atoms with Gasteiger partial charge in [0.2, 0.25) is 0 Å². The van der Waals surface area contributed by atoms with Gasteiger partial charge in [-0.25, -0.2) is 0 Å². The molecular formula is C14H19ClN2O2S. The van der Waals surface area contributed by atoms with Gasteiger partial charge in [-0.3, -0.25) is 0 Å². The van der Waals surface area contributed by atoms with Crippen molar-refractivity contribution >= 4 is 22.9 Å². The van der Waals surface area contributed by atoms with E-state index in [1.54, 1.807) is 11.3 Å². The predicted molar refractivity (Wildman–Crippen MR) is 82.6 cm³/mol. The van der Waals surface area contributed by atoms with Crippen molar-refractivity contribution in [1.29, 1.82) is 0 Å². The molecule has 6 heteroatoms. The number of hydrogen-bond donors (Lipinski definition) is 3. The first-order valence-electron chi connectivity index (χ1n) is 6.49. The summed E-state index contributed by atoms with van der Waals surface area (Å²) < 4.78 is 0. The Balaban J connectivity index is 2.21. The van der Waals surface area contributed by atoms with Crippen LogP contribution in [0.15, 0.2) is 40.4 Å². The van der Waals surface area contributed by atoms with E-state index in [1.807, 2.05) is 34.6 Å². The Bertz CT molecular complexity index is 495. The molecule has 110 valence electrons. The molecule has 0 amide bonds. The van der Waals surface area contributed by atoms with Crippen LogP contribution in [0.5, 0.6) is 0 Å².